The molecule has 1 saturated heterocycles. The van der Waals surface area contributed by atoms with Crippen LogP contribution >= 0.6 is 0 Å². The van der Waals surface area contributed by atoms with Crippen LogP contribution in [0.15, 0.2) is 48.8 Å². The van der Waals surface area contributed by atoms with Gasteiger partial charge in [-0.1, -0.05) is 26.0 Å². The first kappa shape index (κ1) is 22.7. The summed E-state index contributed by atoms with van der Waals surface area (Å²) in [6.45, 7) is 4.99. The summed E-state index contributed by atoms with van der Waals surface area (Å²) in [7, 11) is 0. The van der Waals surface area contributed by atoms with Crippen molar-refractivity contribution in [2.75, 3.05) is 13.1 Å². The van der Waals surface area contributed by atoms with Crippen molar-refractivity contribution >= 4 is 10.9 Å². The molecule has 33 heavy (non-hydrogen) atoms. The molecule has 0 saturated carbocycles. The van der Waals surface area contributed by atoms with Gasteiger partial charge in [0.1, 0.15) is 35.3 Å². The molecule has 1 fully saturated rings. The van der Waals surface area contributed by atoms with Gasteiger partial charge in [-0.25, -0.2) is 18.2 Å². The molecule has 2 N–H and O–H groups in total. The highest BCUT2D eigenvalue weighted by Gasteiger charge is 2.27. The van der Waals surface area contributed by atoms with E-state index in [0.29, 0.717) is 47.4 Å². The molecule has 1 aliphatic heterocycles. The molecule has 5 rings (SSSR count). The number of hydrogen-bond acceptors (Lipinski definition) is 5. The highest BCUT2D eigenvalue weighted by Crippen LogP contribution is 2.32. The van der Waals surface area contributed by atoms with Gasteiger partial charge in [0.15, 0.2) is 0 Å². The molecule has 176 valence electrons. The first-order valence-electron chi connectivity index (χ1n) is 10.9. The van der Waals surface area contributed by atoms with E-state index in [1.807, 2.05) is 13.8 Å². The molecule has 2 aromatic heterocycles. The average molecular weight is 460 g/mol. The summed E-state index contributed by atoms with van der Waals surface area (Å²) in [5.41, 5.74) is 1.78. The van der Waals surface area contributed by atoms with Crippen LogP contribution in [0.3, 0.4) is 0 Å². The number of ether oxygens (including phenoxy) is 1. The zero-order valence-corrected chi connectivity index (χ0v) is 18.3. The quantitative estimate of drug-likeness (QED) is 0.418. The lowest BCUT2D eigenvalue weighted by molar-refractivity contribution is 0.0705. The summed E-state index contributed by atoms with van der Waals surface area (Å²) < 4.78 is 48.3. The number of benzene rings is 2. The van der Waals surface area contributed by atoms with Crippen molar-refractivity contribution in [2.24, 2.45) is 0 Å². The Morgan fingerprint density at radius 1 is 1.09 bits per heavy atom. The van der Waals surface area contributed by atoms with Crippen LogP contribution in [0.25, 0.3) is 33.4 Å². The second kappa shape index (κ2) is 9.99. The minimum Gasteiger partial charge on any atom is -0.469 e. The zero-order valence-electron chi connectivity index (χ0n) is 18.3. The number of H-pyrrole nitrogens is 1. The second-order valence-electron chi connectivity index (χ2n) is 7.34. The van der Waals surface area contributed by atoms with E-state index in [1.165, 1.54) is 30.6 Å². The van der Waals surface area contributed by atoms with E-state index in [2.05, 4.69) is 25.5 Å². The van der Waals surface area contributed by atoms with Crippen molar-refractivity contribution in [2.45, 2.75) is 32.5 Å². The number of aromatic amines is 1. The van der Waals surface area contributed by atoms with Gasteiger partial charge in [0.05, 0.1) is 23.5 Å². The third-order valence-corrected chi connectivity index (χ3v) is 5.29. The number of piperidine rings is 1. The summed E-state index contributed by atoms with van der Waals surface area (Å²) in [6, 6.07) is 8.71. The van der Waals surface area contributed by atoms with E-state index in [-0.39, 0.29) is 14.3 Å². The van der Waals surface area contributed by atoms with Crippen molar-refractivity contribution in [1.82, 2.24) is 25.5 Å². The van der Waals surface area contributed by atoms with Crippen LogP contribution in [-0.2, 0) is 0 Å². The molecule has 0 spiro atoms. The molecule has 0 bridgehead atoms. The molecular weight excluding hydrogens is 431 g/mol. The second-order valence-corrected chi connectivity index (χ2v) is 7.34. The van der Waals surface area contributed by atoms with Gasteiger partial charge >= 0.3 is 0 Å². The third kappa shape index (κ3) is 4.68. The maximum Gasteiger partial charge on any atom is 0.233 e. The van der Waals surface area contributed by atoms with Crippen LogP contribution in [0.1, 0.15) is 23.1 Å². The maximum atomic E-state index is 14.3. The van der Waals surface area contributed by atoms with E-state index in [0.717, 1.165) is 0 Å². The number of nitrogens with one attached hydrogen (secondary N) is 2. The van der Waals surface area contributed by atoms with Gasteiger partial charge in [0, 0.05) is 14.8 Å². The fourth-order valence-electron chi connectivity index (χ4n) is 3.73. The standard InChI is InChI=1S/C22H18F3N5O.C2H6.2H2/c23-14-6-7-26-10-19(14)31-20-11-27-9-18(28-20)22-13-8-12(4-5-17(13)29-30-22)21-15(24)2-1-3-16(21)25;1-2;;/h1-5,8-9,11,14,19,26H,6-7,10H2,(H,29,30);1-2H3;2*1H/t14?,19-;;;/m0.../s1. The summed E-state index contributed by atoms with van der Waals surface area (Å²) in [5.74, 6) is -1.12. The number of nitrogens with zero attached hydrogens (tertiary/aromatic N) is 3. The molecule has 2 atom stereocenters. The fraction of sp³-hybridized carbons (Fsp3) is 0.292. The summed E-state index contributed by atoms with van der Waals surface area (Å²) in [4.78, 5) is 8.56. The number of halogens is 3. The maximum absolute atomic E-state index is 14.3. The van der Waals surface area contributed by atoms with E-state index in [4.69, 9.17) is 4.74 Å². The van der Waals surface area contributed by atoms with Crippen LogP contribution in [0.5, 0.6) is 5.88 Å². The molecule has 1 unspecified atom stereocenters. The van der Waals surface area contributed by atoms with Crippen LogP contribution in [0, 0.1) is 11.6 Å². The minimum atomic E-state index is -1.09. The molecule has 0 aliphatic carbocycles. The topological polar surface area (TPSA) is 75.7 Å². The Morgan fingerprint density at radius 2 is 1.88 bits per heavy atom. The lowest BCUT2D eigenvalue weighted by Crippen LogP contribution is -2.45. The average Bonchev–Trinajstić information content (AvgIpc) is 3.25. The van der Waals surface area contributed by atoms with Crippen LogP contribution in [0.4, 0.5) is 13.2 Å². The highest BCUT2D eigenvalue weighted by atomic mass is 19.1. The number of hydrogen-bond donors (Lipinski definition) is 2. The van der Waals surface area contributed by atoms with Gasteiger partial charge < -0.3 is 10.1 Å². The Balaban J connectivity index is 0.00000105. The number of aromatic nitrogens is 4. The molecule has 3 heterocycles. The SMILES string of the molecule is CC.Fc1cccc(F)c1-c1ccc2[nH]nc(-c3cncc(O[C@H]4CNCCC4F)n3)c2c1.[HH].[HH]. The molecular formula is C24H28F3N5O. The number of fused-ring (bicyclic) bond motifs is 1. The lowest BCUT2D eigenvalue weighted by Gasteiger charge is -2.26. The third-order valence-electron chi connectivity index (χ3n) is 5.29. The van der Waals surface area contributed by atoms with E-state index >= 15 is 0 Å². The smallest absolute Gasteiger partial charge is 0.233 e. The van der Waals surface area contributed by atoms with Gasteiger partial charge in [-0.15, -0.1) is 0 Å². The van der Waals surface area contributed by atoms with Crippen LogP contribution in [0.2, 0.25) is 0 Å². The molecule has 9 heteroatoms. The minimum absolute atomic E-state index is 0. The van der Waals surface area contributed by atoms with Crippen LogP contribution in [-0.4, -0.2) is 45.5 Å². The van der Waals surface area contributed by atoms with Gasteiger partial charge in [-0.2, -0.15) is 5.10 Å². The molecule has 1 aliphatic rings. The summed E-state index contributed by atoms with van der Waals surface area (Å²) in [6.07, 6.45) is 1.56. The van der Waals surface area contributed by atoms with Gasteiger partial charge in [0.25, 0.3) is 0 Å². The number of rotatable bonds is 4. The van der Waals surface area contributed by atoms with Crippen molar-refractivity contribution in [3.63, 3.8) is 0 Å². The Kier molecular flexibility index (Phi) is 6.88. The summed E-state index contributed by atoms with van der Waals surface area (Å²) in [5, 5.41) is 10.9. The van der Waals surface area contributed by atoms with E-state index < -0.39 is 23.9 Å². The van der Waals surface area contributed by atoms with Crippen molar-refractivity contribution in [3.8, 4) is 28.4 Å². The fourth-order valence-corrected chi connectivity index (χ4v) is 3.73. The largest absolute Gasteiger partial charge is 0.469 e. The molecule has 2 aromatic carbocycles. The van der Waals surface area contributed by atoms with Gasteiger partial charge in [-0.05, 0) is 42.8 Å². The molecule has 0 radical (unpaired) electrons. The van der Waals surface area contributed by atoms with E-state index in [1.54, 1.807) is 18.2 Å². The first-order chi connectivity index (χ1) is 16.1. The zero-order chi connectivity index (χ0) is 23.4. The first-order valence-corrected chi connectivity index (χ1v) is 10.9. The monoisotopic (exact) mass is 459 g/mol. The Hall–Kier alpha value is -3.46. The summed E-state index contributed by atoms with van der Waals surface area (Å²) >= 11 is 0. The molecule has 0 amide bonds. The van der Waals surface area contributed by atoms with Crippen molar-refractivity contribution in [3.05, 3.63) is 60.4 Å². The predicted molar refractivity (Wildman–Crippen MR) is 125 cm³/mol. The Labute approximate surface area is 192 Å². The number of alkyl halides is 1. The van der Waals surface area contributed by atoms with E-state index in [9.17, 15) is 13.2 Å². The highest BCUT2D eigenvalue weighted by molar-refractivity contribution is 5.94. The molecule has 6 nitrogen and oxygen atoms in total. The van der Waals surface area contributed by atoms with Crippen molar-refractivity contribution in [1.29, 1.82) is 0 Å². The van der Waals surface area contributed by atoms with Gasteiger partial charge in [-0.3, -0.25) is 10.1 Å². The molecule has 4 aromatic rings. The lowest BCUT2D eigenvalue weighted by atomic mass is 10.0. The normalized spacial score (nSPS) is 18.0. The Morgan fingerprint density at radius 3 is 2.64 bits per heavy atom. The van der Waals surface area contributed by atoms with Gasteiger partial charge in [0.2, 0.25) is 5.88 Å². The predicted octanol–water partition coefficient (Wildman–Crippen LogP) is 5.56. The van der Waals surface area contributed by atoms with Crippen molar-refractivity contribution < 1.29 is 20.8 Å². The van der Waals surface area contributed by atoms with Crippen LogP contribution < -0.4 is 10.1 Å². The Bertz CT molecular complexity index is 1240.